The molecule has 0 radical (unpaired) electrons. The number of hydrogen-bond acceptors (Lipinski definition) is 10. The predicted octanol–water partition coefficient (Wildman–Crippen LogP) is 5.99. The fraction of sp³-hybridized carbons (Fsp3) is 0.0909. The predicted molar refractivity (Wildman–Crippen MR) is 159 cm³/mol. The number of fused-ring (bicyclic) bond motifs is 2. The van der Waals surface area contributed by atoms with E-state index in [1.165, 1.54) is 45.6 Å². The highest BCUT2D eigenvalue weighted by atomic mass is 16.5. The van der Waals surface area contributed by atoms with Crippen LogP contribution in [0.5, 0.6) is 34.5 Å². The van der Waals surface area contributed by atoms with Crippen LogP contribution >= 0.6 is 0 Å². The molecule has 0 bridgehead atoms. The first-order valence-electron chi connectivity index (χ1n) is 12.9. The molecule has 3 aromatic carbocycles. The summed E-state index contributed by atoms with van der Waals surface area (Å²) in [7, 11) is 4.38. The first-order chi connectivity index (χ1) is 20.7. The minimum absolute atomic E-state index is 0.00621. The van der Waals surface area contributed by atoms with Crippen molar-refractivity contribution in [3.63, 3.8) is 0 Å². The van der Waals surface area contributed by atoms with Crippen LogP contribution in [-0.4, -0.2) is 36.6 Å². The highest BCUT2D eigenvalue weighted by molar-refractivity contribution is 6.01. The summed E-state index contributed by atoms with van der Waals surface area (Å²) in [6.07, 6.45) is 0. The molecule has 6 rings (SSSR count). The van der Waals surface area contributed by atoms with Crippen LogP contribution in [0.25, 0.3) is 56.1 Å². The maximum Gasteiger partial charge on any atom is 0.197 e. The molecule has 0 unspecified atom stereocenters. The molecule has 10 nitrogen and oxygen atoms in total. The molecule has 3 N–H and O–H groups in total. The zero-order chi connectivity index (χ0) is 30.4. The summed E-state index contributed by atoms with van der Waals surface area (Å²) in [5, 5.41) is 32.3. The summed E-state index contributed by atoms with van der Waals surface area (Å²) in [4.78, 5) is 25.8. The van der Waals surface area contributed by atoms with Crippen LogP contribution in [0.1, 0.15) is 0 Å². The van der Waals surface area contributed by atoms with Gasteiger partial charge in [-0.05, 0) is 42.5 Å². The number of rotatable bonds is 6. The smallest absolute Gasteiger partial charge is 0.197 e. The number of methoxy groups -OCH3 is 3. The van der Waals surface area contributed by atoms with Crippen molar-refractivity contribution in [3.05, 3.63) is 93.2 Å². The van der Waals surface area contributed by atoms with Crippen LogP contribution in [-0.2, 0) is 0 Å². The van der Waals surface area contributed by atoms with E-state index >= 15 is 0 Å². The molecule has 2 heterocycles. The van der Waals surface area contributed by atoms with Crippen LogP contribution in [0.3, 0.4) is 0 Å². The fourth-order valence-electron chi connectivity index (χ4n) is 5.02. The van der Waals surface area contributed by atoms with Gasteiger partial charge in [-0.15, -0.1) is 0 Å². The molecule has 0 saturated heterocycles. The Balaban J connectivity index is 1.60. The third-order valence-corrected chi connectivity index (χ3v) is 7.11. The molecule has 43 heavy (non-hydrogen) atoms. The summed E-state index contributed by atoms with van der Waals surface area (Å²) < 4.78 is 28.2. The van der Waals surface area contributed by atoms with E-state index in [-0.39, 0.29) is 56.6 Å². The van der Waals surface area contributed by atoms with E-state index in [0.717, 1.165) is 6.07 Å². The number of phenols is 2. The van der Waals surface area contributed by atoms with Gasteiger partial charge in [-0.1, -0.05) is 0 Å². The molecule has 2 aliphatic rings. The van der Waals surface area contributed by atoms with Crippen molar-refractivity contribution < 1.29 is 38.4 Å². The molecule has 0 fully saturated rings. The van der Waals surface area contributed by atoms with E-state index < -0.39 is 16.6 Å². The monoisotopic (exact) mass is 580 g/mol. The molecule has 10 heteroatoms. The molecule has 4 aromatic rings. The van der Waals surface area contributed by atoms with Crippen molar-refractivity contribution in [1.82, 2.24) is 0 Å². The molecule has 0 saturated carbocycles. The number of hydrogen-bond donors (Lipinski definition) is 3. The van der Waals surface area contributed by atoms with E-state index in [2.05, 4.69) is 0 Å². The molecule has 0 amide bonds. The highest BCUT2D eigenvalue weighted by Crippen LogP contribution is 2.46. The third-order valence-electron chi connectivity index (χ3n) is 7.11. The van der Waals surface area contributed by atoms with Gasteiger partial charge in [0.1, 0.15) is 62.7 Å². The standard InChI is InChI=1S/C33H24O10/c1-39-18-7-4-16(5-8-18)27-15-25(38)32-23(36)13-22(35)30(33(32)43-27)20-10-17(6-9-26(20)41-3)28-14-24(37)31-21(34)11-19(40-2)12-29(31)42-28/h4-15,35-37H,1-3H3. The van der Waals surface area contributed by atoms with Crippen LogP contribution in [0.4, 0.5) is 0 Å². The zero-order valence-electron chi connectivity index (χ0n) is 23.1. The van der Waals surface area contributed by atoms with E-state index in [4.69, 9.17) is 23.0 Å². The Morgan fingerprint density at radius 2 is 1.23 bits per heavy atom. The lowest BCUT2D eigenvalue weighted by Crippen LogP contribution is -2.05. The third kappa shape index (κ3) is 4.64. The first kappa shape index (κ1) is 27.3. The van der Waals surface area contributed by atoms with Gasteiger partial charge in [0.15, 0.2) is 16.4 Å². The molecule has 0 atom stereocenters. The number of ether oxygens (including phenoxy) is 3. The Bertz CT molecular complexity index is 2110. The quantitative estimate of drug-likeness (QED) is 0.214. The van der Waals surface area contributed by atoms with Crippen molar-refractivity contribution in [2.75, 3.05) is 21.3 Å². The highest BCUT2D eigenvalue weighted by Gasteiger charge is 2.24. The first-order valence-corrected chi connectivity index (χ1v) is 12.9. The average Bonchev–Trinajstić information content (AvgIpc) is 3.00. The van der Waals surface area contributed by atoms with Crippen LogP contribution in [0.15, 0.2) is 91.2 Å². The summed E-state index contributed by atoms with van der Waals surface area (Å²) in [6.45, 7) is 0. The Morgan fingerprint density at radius 1 is 0.558 bits per heavy atom. The molecule has 1 aliphatic heterocycles. The average molecular weight is 581 g/mol. The van der Waals surface area contributed by atoms with Gasteiger partial charge in [-0.25, -0.2) is 0 Å². The lowest BCUT2D eigenvalue weighted by atomic mass is 9.96. The summed E-state index contributed by atoms with van der Waals surface area (Å²) in [5.41, 5.74) is 0.275. The second-order valence-electron chi connectivity index (χ2n) is 9.61. The Hall–Kier alpha value is -5.90. The van der Waals surface area contributed by atoms with Gasteiger partial charge in [0.2, 0.25) is 0 Å². The van der Waals surface area contributed by atoms with Crippen molar-refractivity contribution in [3.8, 4) is 79.6 Å². The second-order valence-corrected chi connectivity index (χ2v) is 9.61. The molecule has 1 aliphatic carbocycles. The zero-order valence-corrected chi connectivity index (χ0v) is 23.1. The van der Waals surface area contributed by atoms with E-state index in [1.807, 2.05) is 0 Å². The molecule has 1 aromatic heterocycles. The maximum absolute atomic E-state index is 13.3. The number of phenolic OH excluding ortho intramolecular Hbond substituents is 2. The normalized spacial score (nSPS) is 11.1. The Labute approximate surface area is 243 Å². The van der Waals surface area contributed by atoms with E-state index in [0.29, 0.717) is 28.2 Å². The van der Waals surface area contributed by atoms with Gasteiger partial charge < -0.3 is 38.4 Å². The summed E-state index contributed by atoms with van der Waals surface area (Å²) in [5.74, 6) is 0.516. The van der Waals surface area contributed by atoms with Gasteiger partial charge in [0, 0.05) is 47.0 Å². The van der Waals surface area contributed by atoms with Crippen molar-refractivity contribution in [1.29, 1.82) is 0 Å². The largest absolute Gasteiger partial charge is 0.507 e. The second kappa shape index (κ2) is 10.5. The van der Waals surface area contributed by atoms with E-state index in [9.17, 15) is 24.9 Å². The van der Waals surface area contributed by atoms with Gasteiger partial charge in [-0.2, -0.15) is 0 Å². The summed E-state index contributed by atoms with van der Waals surface area (Å²) >= 11 is 0. The van der Waals surface area contributed by atoms with Crippen molar-refractivity contribution in [2.45, 2.75) is 0 Å². The lowest BCUT2D eigenvalue weighted by Gasteiger charge is -2.16. The molecular weight excluding hydrogens is 556 g/mol. The van der Waals surface area contributed by atoms with E-state index in [1.54, 1.807) is 42.5 Å². The SMILES string of the molecule is COc1ccc(-c2cc(=O)c3c(O)cc(O)c(-c4cc(-c5cc(O)c6c(=O)cc(OC)cc-6o5)ccc4OC)c3o2)cc1. The van der Waals surface area contributed by atoms with Gasteiger partial charge in [0.05, 0.1) is 26.9 Å². The molecule has 0 spiro atoms. The Kier molecular flexibility index (Phi) is 6.66. The summed E-state index contributed by atoms with van der Waals surface area (Å²) in [6, 6.07) is 18.1. The minimum atomic E-state index is -0.530. The van der Waals surface area contributed by atoms with Crippen LogP contribution in [0, 0.1) is 0 Å². The number of benzene rings is 4. The fourth-order valence-corrected chi connectivity index (χ4v) is 5.02. The van der Waals surface area contributed by atoms with Crippen LogP contribution in [0.2, 0.25) is 0 Å². The molecular formula is C33H24O10. The topological polar surface area (TPSA) is 149 Å². The van der Waals surface area contributed by atoms with Crippen molar-refractivity contribution in [2.24, 2.45) is 0 Å². The van der Waals surface area contributed by atoms with Crippen molar-refractivity contribution >= 4 is 11.0 Å². The Morgan fingerprint density at radius 3 is 1.93 bits per heavy atom. The van der Waals surface area contributed by atoms with Gasteiger partial charge in [0.25, 0.3) is 0 Å². The lowest BCUT2D eigenvalue weighted by molar-refractivity contribution is 0.411. The van der Waals surface area contributed by atoms with Crippen LogP contribution < -0.4 is 25.1 Å². The van der Waals surface area contributed by atoms with Gasteiger partial charge in [-0.3, -0.25) is 9.59 Å². The van der Waals surface area contributed by atoms with Gasteiger partial charge >= 0.3 is 0 Å². The maximum atomic E-state index is 13.3. The molecule has 216 valence electrons. The number of aromatic hydroxyl groups is 3. The minimum Gasteiger partial charge on any atom is -0.507 e.